The van der Waals surface area contributed by atoms with Gasteiger partial charge in [0, 0.05) is 6.04 Å². The van der Waals surface area contributed by atoms with E-state index in [4.69, 9.17) is 0 Å². The molecule has 2 rings (SSSR count). The highest BCUT2D eigenvalue weighted by molar-refractivity contribution is 5.86. The number of fused-ring (bicyclic) bond motifs is 1. The van der Waals surface area contributed by atoms with Crippen LogP contribution in [0.1, 0.15) is 47.0 Å². The van der Waals surface area contributed by atoms with Crippen molar-refractivity contribution in [3.8, 4) is 0 Å². The zero-order valence-corrected chi connectivity index (χ0v) is 13.4. The third kappa shape index (κ3) is 3.60. The Morgan fingerprint density at radius 1 is 1.38 bits per heavy atom. The lowest BCUT2D eigenvalue weighted by Crippen LogP contribution is -2.23. The smallest absolute Gasteiger partial charge is 0.163 e. The minimum absolute atomic E-state index is 0.0943. The largest absolute Gasteiger partial charge is 0.367 e. The quantitative estimate of drug-likeness (QED) is 0.649. The van der Waals surface area contributed by atoms with Crippen LogP contribution in [0.5, 0.6) is 0 Å². The molecule has 0 spiro atoms. The number of aromatic nitrogens is 4. The molecule has 0 bridgehead atoms. The van der Waals surface area contributed by atoms with E-state index in [1.54, 1.807) is 6.33 Å². The molecule has 0 saturated heterocycles. The van der Waals surface area contributed by atoms with Crippen LogP contribution in [0.15, 0.2) is 25.2 Å². The van der Waals surface area contributed by atoms with Crippen LogP contribution in [0.4, 0.5) is 5.82 Å². The number of hydrogen-bond acceptors (Lipinski definition) is 4. The summed E-state index contributed by atoms with van der Waals surface area (Å²) in [6.45, 7) is 12.3. The van der Waals surface area contributed by atoms with Crippen molar-refractivity contribution < 1.29 is 0 Å². The second kappa shape index (κ2) is 6.24. The Morgan fingerprint density at radius 2 is 2.14 bits per heavy atom. The number of hydrogen-bond donors (Lipinski definition) is 1. The molecule has 2 aromatic heterocycles. The highest BCUT2D eigenvalue weighted by atomic mass is 15.3. The van der Waals surface area contributed by atoms with E-state index in [0.29, 0.717) is 6.04 Å². The van der Waals surface area contributed by atoms with Gasteiger partial charge in [-0.05, 0) is 47.0 Å². The Bertz CT molecular complexity index is 609. The molecule has 0 aliphatic heterocycles. The molecular weight excluding hydrogens is 262 g/mol. The lowest BCUT2D eigenvalue weighted by atomic mass is 10.1. The first kappa shape index (κ1) is 15.5. The maximum Gasteiger partial charge on any atom is 0.163 e. The van der Waals surface area contributed by atoms with Crippen LogP contribution in [-0.2, 0) is 5.54 Å². The van der Waals surface area contributed by atoms with Gasteiger partial charge in [0.1, 0.15) is 12.1 Å². The summed E-state index contributed by atoms with van der Waals surface area (Å²) >= 11 is 0. The molecule has 1 unspecified atom stereocenters. The van der Waals surface area contributed by atoms with E-state index in [2.05, 4.69) is 54.7 Å². The van der Waals surface area contributed by atoms with Gasteiger partial charge in [0.15, 0.2) is 5.65 Å². The Kier molecular flexibility index (Phi) is 4.60. The van der Waals surface area contributed by atoms with Gasteiger partial charge < -0.3 is 5.32 Å². The van der Waals surface area contributed by atoms with Gasteiger partial charge in [-0.25, -0.2) is 14.6 Å². The SMILES string of the molecule is C=CCCCC(C)Nc1ncnc2c1cnn2C(C)(C)C. The summed E-state index contributed by atoms with van der Waals surface area (Å²) in [5.74, 6) is 0.863. The second-order valence-electron chi connectivity index (χ2n) is 6.45. The average molecular weight is 287 g/mol. The Labute approximate surface area is 126 Å². The molecule has 1 N–H and O–H groups in total. The topological polar surface area (TPSA) is 55.6 Å². The fraction of sp³-hybridized carbons (Fsp3) is 0.562. The zero-order valence-electron chi connectivity index (χ0n) is 13.4. The summed E-state index contributed by atoms with van der Waals surface area (Å²) in [7, 11) is 0. The van der Waals surface area contributed by atoms with Crippen molar-refractivity contribution in [2.75, 3.05) is 5.32 Å². The summed E-state index contributed by atoms with van der Waals surface area (Å²) in [5, 5.41) is 8.92. The van der Waals surface area contributed by atoms with Crippen molar-refractivity contribution >= 4 is 16.9 Å². The molecule has 2 heterocycles. The Balaban J connectivity index is 2.21. The van der Waals surface area contributed by atoms with Crippen molar-refractivity contribution in [3.05, 3.63) is 25.2 Å². The third-order valence-electron chi connectivity index (χ3n) is 3.43. The molecule has 0 fully saturated rings. The number of anilines is 1. The predicted octanol–water partition coefficient (Wildman–Crippen LogP) is 3.74. The molecule has 0 saturated carbocycles. The minimum Gasteiger partial charge on any atom is -0.367 e. The first-order valence-corrected chi connectivity index (χ1v) is 7.50. The molecular formula is C16H25N5. The Morgan fingerprint density at radius 3 is 2.81 bits per heavy atom. The van der Waals surface area contributed by atoms with Crippen molar-refractivity contribution in [1.82, 2.24) is 19.7 Å². The van der Waals surface area contributed by atoms with Crippen LogP contribution in [0, 0.1) is 0 Å². The maximum atomic E-state index is 4.47. The molecule has 1 atom stereocenters. The van der Waals surface area contributed by atoms with E-state index < -0.39 is 0 Å². The maximum absolute atomic E-state index is 4.47. The molecule has 0 aliphatic rings. The van der Waals surface area contributed by atoms with Gasteiger partial charge in [-0.2, -0.15) is 5.10 Å². The van der Waals surface area contributed by atoms with Crippen LogP contribution < -0.4 is 5.32 Å². The number of unbranched alkanes of at least 4 members (excludes halogenated alkanes) is 1. The number of rotatable bonds is 6. The van der Waals surface area contributed by atoms with Gasteiger partial charge in [0.2, 0.25) is 0 Å². The van der Waals surface area contributed by atoms with Gasteiger partial charge >= 0.3 is 0 Å². The third-order valence-corrected chi connectivity index (χ3v) is 3.43. The number of nitrogens with one attached hydrogen (secondary N) is 1. The van der Waals surface area contributed by atoms with Crippen LogP contribution in [0.3, 0.4) is 0 Å². The highest BCUT2D eigenvalue weighted by Crippen LogP contribution is 2.24. The van der Waals surface area contributed by atoms with Gasteiger partial charge in [-0.3, -0.25) is 0 Å². The number of allylic oxidation sites excluding steroid dienone is 1. The molecule has 114 valence electrons. The van der Waals surface area contributed by atoms with Gasteiger partial charge in [0.25, 0.3) is 0 Å². The van der Waals surface area contributed by atoms with Crippen LogP contribution in [0.25, 0.3) is 11.0 Å². The lowest BCUT2D eigenvalue weighted by molar-refractivity contribution is 0.366. The fourth-order valence-corrected chi connectivity index (χ4v) is 2.32. The summed E-state index contributed by atoms with van der Waals surface area (Å²) in [5.41, 5.74) is 0.779. The van der Waals surface area contributed by atoms with Crippen LogP contribution in [-0.4, -0.2) is 25.8 Å². The first-order chi connectivity index (χ1) is 9.93. The predicted molar refractivity (Wildman–Crippen MR) is 87.5 cm³/mol. The summed E-state index contributed by atoms with van der Waals surface area (Å²) in [4.78, 5) is 8.76. The normalized spacial score (nSPS) is 13.3. The Hall–Kier alpha value is -1.91. The molecule has 21 heavy (non-hydrogen) atoms. The molecule has 5 nitrogen and oxygen atoms in total. The van der Waals surface area contributed by atoms with E-state index in [1.165, 1.54) is 0 Å². The second-order valence-corrected chi connectivity index (χ2v) is 6.45. The molecule has 0 amide bonds. The molecule has 0 aromatic carbocycles. The van der Waals surface area contributed by atoms with Crippen molar-refractivity contribution in [2.24, 2.45) is 0 Å². The van der Waals surface area contributed by atoms with Crippen molar-refractivity contribution in [1.29, 1.82) is 0 Å². The van der Waals surface area contributed by atoms with Crippen molar-refractivity contribution in [2.45, 2.75) is 58.5 Å². The van der Waals surface area contributed by atoms with E-state index >= 15 is 0 Å². The molecule has 0 radical (unpaired) electrons. The standard InChI is InChI=1S/C16H25N5/c1-6-7-8-9-12(2)20-14-13-10-19-21(16(3,4)5)15(13)18-11-17-14/h6,10-12H,1,7-9H2,2-5H3,(H,17,18,20). The van der Waals surface area contributed by atoms with E-state index in [0.717, 1.165) is 36.1 Å². The van der Waals surface area contributed by atoms with Crippen molar-refractivity contribution in [3.63, 3.8) is 0 Å². The lowest BCUT2D eigenvalue weighted by Gasteiger charge is -2.20. The summed E-state index contributed by atoms with van der Waals surface area (Å²) in [6, 6.07) is 0.362. The van der Waals surface area contributed by atoms with Gasteiger partial charge in [-0.1, -0.05) is 6.08 Å². The van der Waals surface area contributed by atoms with Gasteiger partial charge in [-0.15, -0.1) is 6.58 Å². The highest BCUT2D eigenvalue weighted by Gasteiger charge is 2.19. The van der Waals surface area contributed by atoms with E-state index in [9.17, 15) is 0 Å². The average Bonchev–Trinajstić information content (AvgIpc) is 2.84. The summed E-state index contributed by atoms with van der Waals surface area (Å²) in [6.07, 6.45) is 8.68. The molecule has 0 aliphatic carbocycles. The monoisotopic (exact) mass is 287 g/mol. The fourth-order valence-electron chi connectivity index (χ4n) is 2.32. The minimum atomic E-state index is -0.0943. The van der Waals surface area contributed by atoms with E-state index in [1.807, 2.05) is 17.0 Å². The molecule has 5 heteroatoms. The van der Waals surface area contributed by atoms with Crippen LogP contribution >= 0.6 is 0 Å². The zero-order chi connectivity index (χ0) is 15.5. The van der Waals surface area contributed by atoms with Crippen LogP contribution in [0.2, 0.25) is 0 Å². The first-order valence-electron chi connectivity index (χ1n) is 7.50. The molecule has 2 aromatic rings. The van der Waals surface area contributed by atoms with Gasteiger partial charge in [0.05, 0.1) is 17.1 Å². The number of nitrogens with zero attached hydrogens (tertiary/aromatic N) is 4. The van der Waals surface area contributed by atoms with E-state index in [-0.39, 0.29) is 5.54 Å². The summed E-state index contributed by atoms with van der Waals surface area (Å²) < 4.78 is 1.94.